The minimum Gasteiger partial charge on any atom is -0.477 e. The number of nitrogens with zero attached hydrogens (tertiary/aromatic N) is 3. The second-order valence-corrected chi connectivity index (χ2v) is 5.24. The maximum absolute atomic E-state index is 5.76. The second kappa shape index (κ2) is 9.01. The molecule has 1 aromatic heterocycles. The van der Waals surface area contributed by atoms with Crippen LogP contribution < -0.4 is 4.74 Å². The van der Waals surface area contributed by atoms with E-state index in [9.17, 15) is 0 Å². The predicted molar refractivity (Wildman–Crippen MR) is 84.4 cm³/mol. The molecule has 0 aliphatic carbocycles. The number of aromatic nitrogens is 2. The van der Waals surface area contributed by atoms with E-state index in [1.54, 1.807) is 0 Å². The summed E-state index contributed by atoms with van der Waals surface area (Å²) in [6.07, 6.45) is 6.00. The highest BCUT2D eigenvalue weighted by Crippen LogP contribution is 2.19. The van der Waals surface area contributed by atoms with Crippen LogP contribution in [0, 0.1) is 0 Å². The third-order valence-electron chi connectivity index (χ3n) is 3.91. The van der Waals surface area contributed by atoms with E-state index in [2.05, 4.69) is 34.6 Å². The molecule has 0 saturated heterocycles. The van der Waals surface area contributed by atoms with Crippen molar-refractivity contribution in [1.82, 2.24) is 14.7 Å². The van der Waals surface area contributed by atoms with E-state index >= 15 is 0 Å². The van der Waals surface area contributed by atoms with Crippen LogP contribution in [0.15, 0.2) is 6.07 Å². The number of hydrogen-bond acceptors (Lipinski definition) is 3. The SMILES string of the molecule is C.CCN(CC)CCCCOc1cc2n(n1)CCCC2. The molecule has 116 valence electrons. The van der Waals surface area contributed by atoms with Gasteiger partial charge in [0.05, 0.1) is 6.61 Å². The highest BCUT2D eigenvalue weighted by Gasteiger charge is 2.12. The Morgan fingerprint density at radius 1 is 1.25 bits per heavy atom. The zero-order valence-electron chi connectivity index (χ0n) is 12.4. The van der Waals surface area contributed by atoms with Gasteiger partial charge in [-0.3, -0.25) is 4.68 Å². The molecule has 0 bridgehead atoms. The zero-order chi connectivity index (χ0) is 13.5. The van der Waals surface area contributed by atoms with Crippen molar-refractivity contribution in [1.29, 1.82) is 0 Å². The Morgan fingerprint density at radius 3 is 2.75 bits per heavy atom. The van der Waals surface area contributed by atoms with E-state index in [1.165, 1.54) is 31.5 Å². The topological polar surface area (TPSA) is 30.3 Å². The summed E-state index contributed by atoms with van der Waals surface area (Å²) in [5.41, 5.74) is 1.34. The van der Waals surface area contributed by atoms with Crippen molar-refractivity contribution in [3.8, 4) is 5.88 Å². The van der Waals surface area contributed by atoms with Crippen LogP contribution in [0.3, 0.4) is 0 Å². The van der Waals surface area contributed by atoms with Crippen LogP contribution in [-0.4, -0.2) is 40.9 Å². The van der Waals surface area contributed by atoms with E-state index < -0.39 is 0 Å². The van der Waals surface area contributed by atoms with Gasteiger partial charge < -0.3 is 9.64 Å². The predicted octanol–water partition coefficient (Wildman–Crippen LogP) is 3.36. The molecule has 20 heavy (non-hydrogen) atoms. The van der Waals surface area contributed by atoms with Gasteiger partial charge in [0.25, 0.3) is 0 Å². The largest absolute Gasteiger partial charge is 0.477 e. The van der Waals surface area contributed by atoms with E-state index in [0.717, 1.165) is 45.0 Å². The summed E-state index contributed by atoms with van der Waals surface area (Å²) in [4.78, 5) is 2.45. The van der Waals surface area contributed by atoms with Gasteiger partial charge in [0.1, 0.15) is 0 Å². The lowest BCUT2D eigenvalue weighted by Crippen LogP contribution is -2.24. The molecule has 0 radical (unpaired) electrons. The van der Waals surface area contributed by atoms with Crippen LogP contribution >= 0.6 is 0 Å². The van der Waals surface area contributed by atoms with Gasteiger partial charge in [-0.05, 0) is 51.7 Å². The molecule has 1 aliphatic rings. The number of rotatable bonds is 8. The number of hydrogen-bond donors (Lipinski definition) is 0. The van der Waals surface area contributed by atoms with Crippen molar-refractivity contribution in [3.63, 3.8) is 0 Å². The molecule has 0 atom stereocenters. The smallest absolute Gasteiger partial charge is 0.232 e. The lowest BCUT2D eigenvalue weighted by Gasteiger charge is -2.17. The van der Waals surface area contributed by atoms with E-state index in [-0.39, 0.29) is 7.43 Å². The summed E-state index contributed by atoms with van der Waals surface area (Å²) in [7, 11) is 0. The monoisotopic (exact) mass is 281 g/mol. The number of ether oxygens (including phenoxy) is 1. The molecule has 4 nitrogen and oxygen atoms in total. The normalized spacial score (nSPS) is 13.9. The van der Waals surface area contributed by atoms with Crippen LogP contribution in [0.4, 0.5) is 0 Å². The third kappa shape index (κ3) is 4.82. The molecule has 4 heteroatoms. The summed E-state index contributed by atoms with van der Waals surface area (Å²) in [6, 6.07) is 2.11. The summed E-state index contributed by atoms with van der Waals surface area (Å²) in [5, 5.41) is 4.50. The van der Waals surface area contributed by atoms with Gasteiger partial charge >= 0.3 is 0 Å². The molecule has 0 saturated carbocycles. The minimum atomic E-state index is 0. The standard InChI is InChI=1S/C15H27N3O.CH4/c1-3-17(4-2)10-7-8-12-19-15-13-14-9-5-6-11-18(14)16-15;/h13H,3-12H2,1-2H3;1H4. The summed E-state index contributed by atoms with van der Waals surface area (Å²) >= 11 is 0. The van der Waals surface area contributed by atoms with Crippen molar-refractivity contribution in [2.24, 2.45) is 0 Å². The number of fused-ring (bicyclic) bond motifs is 1. The Hall–Kier alpha value is -1.03. The highest BCUT2D eigenvalue weighted by molar-refractivity contribution is 5.16. The van der Waals surface area contributed by atoms with Gasteiger partial charge in [-0.1, -0.05) is 21.3 Å². The molecule has 1 aliphatic heterocycles. The van der Waals surface area contributed by atoms with Crippen molar-refractivity contribution in [2.75, 3.05) is 26.2 Å². The Bertz CT molecular complexity index is 348. The van der Waals surface area contributed by atoms with Crippen LogP contribution in [0.25, 0.3) is 0 Å². The van der Waals surface area contributed by atoms with Gasteiger partial charge in [0.15, 0.2) is 0 Å². The molecule has 0 N–H and O–H groups in total. The van der Waals surface area contributed by atoms with Crippen molar-refractivity contribution in [3.05, 3.63) is 11.8 Å². The lowest BCUT2D eigenvalue weighted by atomic mass is 10.1. The molecule has 1 aromatic rings. The van der Waals surface area contributed by atoms with E-state index in [1.807, 2.05) is 0 Å². The molecule has 0 spiro atoms. The van der Waals surface area contributed by atoms with Crippen LogP contribution in [0.2, 0.25) is 0 Å². The Kier molecular flexibility index (Phi) is 7.67. The molecule has 0 aromatic carbocycles. The summed E-state index contributed by atoms with van der Waals surface area (Å²) < 4.78 is 7.86. The lowest BCUT2D eigenvalue weighted by molar-refractivity contribution is 0.259. The minimum absolute atomic E-state index is 0. The third-order valence-corrected chi connectivity index (χ3v) is 3.91. The fourth-order valence-corrected chi connectivity index (χ4v) is 2.62. The molecule has 0 fully saturated rings. The van der Waals surface area contributed by atoms with Crippen molar-refractivity contribution < 1.29 is 4.74 Å². The molecule has 2 rings (SSSR count). The molecule has 0 unspecified atom stereocenters. The fraction of sp³-hybridized carbons (Fsp3) is 0.812. The maximum atomic E-state index is 5.76. The first kappa shape index (κ1) is 17.0. The Balaban J connectivity index is 0.00000200. The van der Waals surface area contributed by atoms with Gasteiger partial charge in [0, 0.05) is 18.3 Å². The molecule has 2 heterocycles. The highest BCUT2D eigenvalue weighted by atomic mass is 16.5. The second-order valence-electron chi connectivity index (χ2n) is 5.24. The first-order chi connectivity index (χ1) is 9.33. The number of unbranched alkanes of at least 4 members (excludes halogenated alkanes) is 1. The van der Waals surface area contributed by atoms with Gasteiger partial charge in [-0.15, -0.1) is 5.10 Å². The van der Waals surface area contributed by atoms with Crippen LogP contribution in [-0.2, 0) is 13.0 Å². The fourth-order valence-electron chi connectivity index (χ4n) is 2.62. The zero-order valence-corrected chi connectivity index (χ0v) is 12.4. The quantitative estimate of drug-likeness (QED) is 0.685. The van der Waals surface area contributed by atoms with E-state index in [4.69, 9.17) is 4.74 Å². The van der Waals surface area contributed by atoms with Crippen LogP contribution in [0.5, 0.6) is 5.88 Å². The number of aryl methyl sites for hydroxylation is 2. The maximum Gasteiger partial charge on any atom is 0.232 e. The van der Waals surface area contributed by atoms with Crippen molar-refractivity contribution in [2.45, 2.75) is 59.9 Å². The average molecular weight is 281 g/mol. The van der Waals surface area contributed by atoms with Gasteiger partial charge in [-0.2, -0.15) is 0 Å². The molecular formula is C16H31N3O. The Morgan fingerprint density at radius 2 is 2.05 bits per heavy atom. The van der Waals surface area contributed by atoms with Crippen LogP contribution in [0.1, 0.15) is 52.7 Å². The summed E-state index contributed by atoms with van der Waals surface area (Å²) in [5.74, 6) is 0.819. The van der Waals surface area contributed by atoms with E-state index in [0.29, 0.717) is 0 Å². The Labute approximate surface area is 124 Å². The average Bonchev–Trinajstić information content (AvgIpc) is 2.85. The molecular weight excluding hydrogens is 250 g/mol. The van der Waals surface area contributed by atoms with Gasteiger partial charge in [0.2, 0.25) is 5.88 Å². The first-order valence-electron chi connectivity index (χ1n) is 7.75. The van der Waals surface area contributed by atoms with Crippen molar-refractivity contribution >= 4 is 0 Å². The molecule has 0 amide bonds. The van der Waals surface area contributed by atoms with Gasteiger partial charge in [-0.25, -0.2) is 0 Å². The summed E-state index contributed by atoms with van der Waals surface area (Å²) in [6.45, 7) is 9.75. The first-order valence-corrected chi connectivity index (χ1v) is 7.75.